The summed E-state index contributed by atoms with van der Waals surface area (Å²) in [5.41, 5.74) is 4.04. The number of aryl methyl sites for hydroxylation is 2. The molecule has 2 aromatic rings. The molecule has 112 valence electrons. The number of hydrogen-bond donors (Lipinski definition) is 1. The molecule has 0 heterocycles. The van der Waals surface area contributed by atoms with Crippen LogP contribution >= 0.6 is 23.4 Å². The van der Waals surface area contributed by atoms with Gasteiger partial charge >= 0.3 is 0 Å². The highest BCUT2D eigenvalue weighted by Crippen LogP contribution is 2.31. The van der Waals surface area contributed by atoms with Gasteiger partial charge in [-0.1, -0.05) is 54.4 Å². The zero-order valence-electron chi connectivity index (χ0n) is 12.8. The van der Waals surface area contributed by atoms with E-state index >= 15 is 0 Å². The lowest BCUT2D eigenvalue weighted by Gasteiger charge is -2.20. The van der Waals surface area contributed by atoms with E-state index in [0.717, 1.165) is 22.2 Å². The maximum atomic E-state index is 6.24. The summed E-state index contributed by atoms with van der Waals surface area (Å²) in [6.45, 7) is 7.43. The van der Waals surface area contributed by atoms with Gasteiger partial charge in [-0.25, -0.2) is 0 Å². The van der Waals surface area contributed by atoms with E-state index in [4.69, 9.17) is 11.6 Å². The lowest BCUT2D eigenvalue weighted by atomic mass is 10.0. The molecule has 0 amide bonds. The maximum absolute atomic E-state index is 6.24. The summed E-state index contributed by atoms with van der Waals surface area (Å²) in [4.78, 5) is 1.15. The molecule has 0 bridgehead atoms. The SMILES string of the molecule is CCNC(CSc1ccccc1Cl)c1ccc(C)cc1C. The Hall–Kier alpha value is -0.960. The summed E-state index contributed by atoms with van der Waals surface area (Å²) in [5, 5.41) is 4.42. The molecule has 0 aliphatic heterocycles. The zero-order valence-corrected chi connectivity index (χ0v) is 14.4. The van der Waals surface area contributed by atoms with Gasteiger partial charge in [0.25, 0.3) is 0 Å². The van der Waals surface area contributed by atoms with Crippen molar-refractivity contribution in [2.24, 2.45) is 0 Å². The van der Waals surface area contributed by atoms with Gasteiger partial charge in [-0.3, -0.25) is 0 Å². The minimum Gasteiger partial charge on any atom is -0.309 e. The third kappa shape index (κ3) is 4.50. The first-order chi connectivity index (χ1) is 10.1. The van der Waals surface area contributed by atoms with Gasteiger partial charge in [0.2, 0.25) is 0 Å². The molecule has 0 saturated carbocycles. The Balaban J connectivity index is 2.14. The Labute approximate surface area is 137 Å². The van der Waals surface area contributed by atoms with Gasteiger partial charge in [0.1, 0.15) is 0 Å². The Morgan fingerprint density at radius 2 is 1.90 bits per heavy atom. The van der Waals surface area contributed by atoms with Gasteiger partial charge in [0.05, 0.1) is 5.02 Å². The third-order valence-corrected chi connectivity index (χ3v) is 5.10. The molecule has 21 heavy (non-hydrogen) atoms. The van der Waals surface area contributed by atoms with E-state index in [2.05, 4.69) is 50.4 Å². The van der Waals surface area contributed by atoms with Crippen molar-refractivity contribution >= 4 is 23.4 Å². The second-order valence-electron chi connectivity index (χ2n) is 5.21. The molecule has 2 rings (SSSR count). The van der Waals surface area contributed by atoms with Crippen LogP contribution in [0.3, 0.4) is 0 Å². The molecule has 1 unspecified atom stereocenters. The Bertz CT molecular complexity index is 598. The first-order valence-corrected chi connectivity index (χ1v) is 8.66. The topological polar surface area (TPSA) is 12.0 Å². The molecule has 0 aromatic heterocycles. The van der Waals surface area contributed by atoms with Gasteiger partial charge in [0.15, 0.2) is 0 Å². The molecule has 0 spiro atoms. The number of hydrogen-bond acceptors (Lipinski definition) is 2. The highest BCUT2D eigenvalue weighted by atomic mass is 35.5. The fourth-order valence-electron chi connectivity index (χ4n) is 2.46. The second kappa shape index (κ2) is 7.88. The number of rotatable bonds is 6. The lowest BCUT2D eigenvalue weighted by Crippen LogP contribution is -2.23. The number of nitrogens with one attached hydrogen (secondary N) is 1. The van der Waals surface area contributed by atoms with E-state index in [9.17, 15) is 0 Å². The summed E-state index contributed by atoms with van der Waals surface area (Å²) in [7, 11) is 0. The lowest BCUT2D eigenvalue weighted by molar-refractivity contribution is 0.603. The average molecular weight is 320 g/mol. The first kappa shape index (κ1) is 16.4. The van der Waals surface area contributed by atoms with E-state index in [1.165, 1.54) is 16.7 Å². The van der Waals surface area contributed by atoms with Gasteiger partial charge in [0, 0.05) is 16.7 Å². The van der Waals surface area contributed by atoms with Crippen molar-refractivity contribution < 1.29 is 0 Å². The van der Waals surface area contributed by atoms with Crippen LogP contribution in [-0.2, 0) is 0 Å². The van der Waals surface area contributed by atoms with Crippen LogP contribution in [0.1, 0.15) is 29.7 Å². The smallest absolute Gasteiger partial charge is 0.0541 e. The molecule has 0 radical (unpaired) electrons. The Morgan fingerprint density at radius 3 is 2.57 bits per heavy atom. The van der Waals surface area contributed by atoms with E-state index in [1.807, 2.05) is 30.0 Å². The van der Waals surface area contributed by atoms with Crippen LogP contribution in [0.25, 0.3) is 0 Å². The third-order valence-electron chi connectivity index (χ3n) is 3.49. The molecule has 0 aliphatic carbocycles. The van der Waals surface area contributed by atoms with Crippen molar-refractivity contribution in [1.82, 2.24) is 5.32 Å². The molecular formula is C18H22ClNS. The molecule has 1 atom stereocenters. The molecule has 0 saturated heterocycles. The van der Waals surface area contributed by atoms with Crippen LogP contribution < -0.4 is 5.32 Å². The van der Waals surface area contributed by atoms with E-state index in [0.29, 0.717) is 6.04 Å². The van der Waals surface area contributed by atoms with Gasteiger partial charge in [-0.05, 0) is 43.7 Å². The van der Waals surface area contributed by atoms with Gasteiger partial charge in [-0.15, -0.1) is 11.8 Å². The number of halogens is 1. The van der Waals surface area contributed by atoms with Crippen molar-refractivity contribution in [2.45, 2.75) is 31.7 Å². The minimum atomic E-state index is 0.344. The van der Waals surface area contributed by atoms with Crippen molar-refractivity contribution in [3.63, 3.8) is 0 Å². The summed E-state index contributed by atoms with van der Waals surface area (Å²) in [6.07, 6.45) is 0. The Kier molecular flexibility index (Phi) is 6.16. The quantitative estimate of drug-likeness (QED) is 0.715. The van der Waals surface area contributed by atoms with Gasteiger partial charge < -0.3 is 5.32 Å². The fourth-order valence-corrected chi connectivity index (χ4v) is 3.78. The van der Waals surface area contributed by atoms with E-state index in [1.54, 1.807) is 0 Å². The van der Waals surface area contributed by atoms with Crippen LogP contribution in [0.5, 0.6) is 0 Å². The monoisotopic (exact) mass is 319 g/mol. The number of thioether (sulfide) groups is 1. The normalized spacial score (nSPS) is 12.4. The molecule has 3 heteroatoms. The minimum absolute atomic E-state index is 0.344. The van der Waals surface area contributed by atoms with Crippen molar-refractivity contribution in [2.75, 3.05) is 12.3 Å². The summed E-state index contributed by atoms with van der Waals surface area (Å²) >= 11 is 8.05. The van der Waals surface area contributed by atoms with Crippen LogP contribution in [0, 0.1) is 13.8 Å². The largest absolute Gasteiger partial charge is 0.309 e. The summed E-state index contributed by atoms with van der Waals surface area (Å²) in [5.74, 6) is 0.974. The predicted molar refractivity (Wildman–Crippen MR) is 94.5 cm³/mol. The number of benzene rings is 2. The van der Waals surface area contributed by atoms with Crippen LogP contribution in [0.4, 0.5) is 0 Å². The summed E-state index contributed by atoms with van der Waals surface area (Å²) in [6, 6.07) is 15.1. The predicted octanol–water partition coefficient (Wildman–Crippen LogP) is 5.40. The summed E-state index contributed by atoms with van der Waals surface area (Å²) < 4.78 is 0. The molecule has 1 nitrogen and oxygen atoms in total. The van der Waals surface area contributed by atoms with Crippen molar-refractivity contribution in [1.29, 1.82) is 0 Å². The highest BCUT2D eigenvalue weighted by Gasteiger charge is 2.14. The molecule has 0 fully saturated rings. The van der Waals surface area contributed by atoms with Crippen molar-refractivity contribution in [3.05, 3.63) is 64.2 Å². The molecule has 1 N–H and O–H groups in total. The van der Waals surface area contributed by atoms with Crippen LogP contribution in [0.15, 0.2) is 47.4 Å². The standard InChI is InChI=1S/C18H22ClNS/c1-4-20-17(15-10-9-13(2)11-14(15)3)12-21-18-8-6-5-7-16(18)19/h5-11,17,20H,4,12H2,1-3H3. The molecule has 0 aliphatic rings. The first-order valence-electron chi connectivity index (χ1n) is 7.29. The molecular weight excluding hydrogens is 298 g/mol. The van der Waals surface area contributed by atoms with E-state index in [-0.39, 0.29) is 0 Å². The second-order valence-corrected chi connectivity index (χ2v) is 6.68. The Morgan fingerprint density at radius 1 is 1.14 bits per heavy atom. The zero-order chi connectivity index (χ0) is 15.2. The maximum Gasteiger partial charge on any atom is 0.0541 e. The van der Waals surface area contributed by atoms with Gasteiger partial charge in [-0.2, -0.15) is 0 Å². The average Bonchev–Trinajstić information content (AvgIpc) is 2.45. The van der Waals surface area contributed by atoms with Crippen molar-refractivity contribution in [3.8, 4) is 0 Å². The van der Waals surface area contributed by atoms with Crippen LogP contribution in [0.2, 0.25) is 5.02 Å². The highest BCUT2D eigenvalue weighted by molar-refractivity contribution is 7.99. The molecule has 2 aromatic carbocycles. The van der Waals surface area contributed by atoms with E-state index < -0.39 is 0 Å². The fraction of sp³-hybridized carbons (Fsp3) is 0.333. The van der Waals surface area contributed by atoms with Crippen LogP contribution in [-0.4, -0.2) is 12.3 Å².